The lowest BCUT2D eigenvalue weighted by molar-refractivity contribution is 0.628. The fourth-order valence-corrected chi connectivity index (χ4v) is 2.55. The van der Waals surface area contributed by atoms with Gasteiger partial charge in [0.2, 0.25) is 0 Å². The second kappa shape index (κ2) is 4.43. The Balaban J connectivity index is 2.09. The summed E-state index contributed by atoms with van der Waals surface area (Å²) in [5, 5.41) is 0.629. The Kier molecular flexibility index (Phi) is 2.99. The highest BCUT2D eigenvalue weighted by Gasteiger charge is 2.42. The fourth-order valence-electron chi connectivity index (χ4n) is 1.94. The summed E-state index contributed by atoms with van der Waals surface area (Å²) in [6, 6.07) is 5.95. The van der Waals surface area contributed by atoms with Crippen LogP contribution < -0.4 is 0 Å². The number of aromatic nitrogens is 2. The van der Waals surface area contributed by atoms with Gasteiger partial charge < -0.3 is 0 Å². The van der Waals surface area contributed by atoms with E-state index < -0.39 is 0 Å². The third-order valence-electron chi connectivity index (χ3n) is 3.49. The molecule has 0 bridgehead atoms. The zero-order valence-electron chi connectivity index (χ0n) is 10.3. The zero-order valence-corrected chi connectivity index (χ0v) is 11.8. The van der Waals surface area contributed by atoms with Crippen LogP contribution in [0.2, 0.25) is 10.3 Å². The Labute approximate surface area is 120 Å². The lowest BCUT2D eigenvalue weighted by atomic mass is 10.1. The molecule has 0 radical (unpaired) electrons. The van der Waals surface area contributed by atoms with Gasteiger partial charge in [-0.2, -0.15) is 0 Å². The first-order valence-electron chi connectivity index (χ1n) is 5.99. The van der Waals surface area contributed by atoms with Crippen molar-refractivity contribution in [2.24, 2.45) is 0 Å². The maximum atomic E-state index is 12.9. The molecule has 0 atom stereocenters. The van der Waals surface area contributed by atoms with E-state index in [0.29, 0.717) is 27.3 Å². The van der Waals surface area contributed by atoms with Crippen molar-refractivity contribution in [3.63, 3.8) is 0 Å². The maximum absolute atomic E-state index is 12.9. The van der Waals surface area contributed by atoms with E-state index in [1.807, 2.05) is 0 Å². The number of hydrogen-bond donors (Lipinski definition) is 0. The first kappa shape index (κ1) is 12.8. The van der Waals surface area contributed by atoms with Crippen LogP contribution in [0.25, 0.3) is 11.1 Å². The van der Waals surface area contributed by atoms with E-state index in [0.717, 1.165) is 12.8 Å². The lowest BCUT2D eigenvalue weighted by Crippen LogP contribution is -2.08. The molecule has 0 unspecified atom stereocenters. The van der Waals surface area contributed by atoms with Crippen molar-refractivity contribution in [1.29, 1.82) is 0 Å². The van der Waals surface area contributed by atoms with Gasteiger partial charge in [0, 0.05) is 5.41 Å². The summed E-state index contributed by atoms with van der Waals surface area (Å²) in [5.74, 6) is 0.382. The van der Waals surface area contributed by atoms with E-state index >= 15 is 0 Å². The molecule has 1 heterocycles. The molecule has 3 rings (SSSR count). The van der Waals surface area contributed by atoms with Crippen LogP contribution in [0.4, 0.5) is 4.39 Å². The lowest BCUT2D eigenvalue weighted by Gasteiger charge is -2.11. The summed E-state index contributed by atoms with van der Waals surface area (Å²) in [6.45, 7) is 2.09. The van der Waals surface area contributed by atoms with Crippen molar-refractivity contribution in [2.45, 2.75) is 25.2 Å². The van der Waals surface area contributed by atoms with E-state index in [1.54, 1.807) is 12.1 Å². The highest BCUT2D eigenvalue weighted by molar-refractivity contribution is 6.37. The maximum Gasteiger partial charge on any atom is 0.142 e. The molecule has 19 heavy (non-hydrogen) atoms. The molecule has 0 spiro atoms. The summed E-state index contributed by atoms with van der Waals surface area (Å²) < 4.78 is 12.9. The van der Waals surface area contributed by atoms with Gasteiger partial charge >= 0.3 is 0 Å². The Morgan fingerprint density at radius 1 is 1.05 bits per heavy atom. The predicted octanol–water partition coefficient (Wildman–Crippen LogP) is 4.64. The quantitative estimate of drug-likeness (QED) is 0.755. The topological polar surface area (TPSA) is 25.8 Å². The Bertz CT molecular complexity index is 613. The number of hydrogen-bond acceptors (Lipinski definition) is 2. The summed E-state index contributed by atoms with van der Waals surface area (Å²) in [7, 11) is 0. The number of rotatable bonds is 2. The average molecular weight is 297 g/mol. The van der Waals surface area contributed by atoms with Crippen molar-refractivity contribution in [3.8, 4) is 11.1 Å². The molecule has 98 valence electrons. The van der Waals surface area contributed by atoms with Crippen LogP contribution in [0.5, 0.6) is 0 Å². The van der Waals surface area contributed by atoms with Crippen molar-refractivity contribution >= 4 is 23.2 Å². The molecule has 1 saturated carbocycles. The summed E-state index contributed by atoms with van der Waals surface area (Å²) >= 11 is 12.4. The standard InChI is InChI=1S/C14H11Cl2FN2/c1-14(6-7-14)13-18-11(15)10(12(16)19-13)8-2-4-9(17)5-3-8/h2-5H,6-7H2,1H3. The second-order valence-corrected chi connectivity index (χ2v) is 5.79. The van der Waals surface area contributed by atoms with Crippen LogP contribution in [0.1, 0.15) is 25.6 Å². The molecular formula is C14H11Cl2FN2. The van der Waals surface area contributed by atoms with Crippen LogP contribution in [0, 0.1) is 5.82 Å². The van der Waals surface area contributed by atoms with E-state index in [2.05, 4.69) is 16.9 Å². The molecule has 5 heteroatoms. The monoisotopic (exact) mass is 296 g/mol. The number of halogens is 3. The molecule has 2 nitrogen and oxygen atoms in total. The number of benzene rings is 1. The second-order valence-electron chi connectivity index (χ2n) is 5.07. The third-order valence-corrected chi connectivity index (χ3v) is 4.04. The van der Waals surface area contributed by atoms with Gasteiger partial charge in [-0.15, -0.1) is 0 Å². The van der Waals surface area contributed by atoms with Crippen molar-refractivity contribution in [2.75, 3.05) is 0 Å². The van der Waals surface area contributed by atoms with Gasteiger partial charge in [0.25, 0.3) is 0 Å². The largest absolute Gasteiger partial charge is 0.220 e. The van der Waals surface area contributed by atoms with Gasteiger partial charge in [0.15, 0.2) is 0 Å². The molecule has 1 aliphatic rings. The van der Waals surface area contributed by atoms with Gasteiger partial charge in [0.1, 0.15) is 21.9 Å². The summed E-state index contributed by atoms with van der Waals surface area (Å²) in [6.07, 6.45) is 2.10. The molecule has 0 amide bonds. The molecule has 1 aromatic carbocycles. The Hall–Kier alpha value is -1.19. The molecule has 0 N–H and O–H groups in total. The SMILES string of the molecule is CC1(c2nc(Cl)c(-c3ccc(F)cc3)c(Cl)n2)CC1. The summed E-state index contributed by atoms with van der Waals surface area (Å²) in [4.78, 5) is 8.69. The van der Waals surface area contributed by atoms with Gasteiger partial charge in [-0.25, -0.2) is 14.4 Å². The third kappa shape index (κ3) is 2.33. The van der Waals surface area contributed by atoms with Crippen molar-refractivity contribution in [3.05, 3.63) is 46.2 Å². The zero-order chi connectivity index (χ0) is 13.6. The highest BCUT2D eigenvalue weighted by atomic mass is 35.5. The first-order chi connectivity index (χ1) is 8.99. The van der Waals surface area contributed by atoms with E-state index in [9.17, 15) is 4.39 Å². The van der Waals surface area contributed by atoms with Gasteiger partial charge in [-0.05, 0) is 30.5 Å². The van der Waals surface area contributed by atoms with Crippen molar-refractivity contribution < 1.29 is 4.39 Å². The van der Waals surface area contributed by atoms with Gasteiger partial charge in [-0.1, -0.05) is 42.3 Å². The van der Waals surface area contributed by atoms with E-state index in [-0.39, 0.29) is 11.2 Å². The molecule has 1 aliphatic carbocycles. The number of nitrogens with zero attached hydrogens (tertiary/aromatic N) is 2. The molecule has 0 aliphatic heterocycles. The molecule has 1 fully saturated rings. The first-order valence-corrected chi connectivity index (χ1v) is 6.75. The summed E-state index contributed by atoms with van der Waals surface area (Å²) in [5.41, 5.74) is 1.27. The smallest absolute Gasteiger partial charge is 0.142 e. The molecular weight excluding hydrogens is 286 g/mol. The van der Waals surface area contributed by atoms with Crippen LogP contribution in [-0.4, -0.2) is 9.97 Å². The van der Waals surface area contributed by atoms with Crippen LogP contribution in [0.3, 0.4) is 0 Å². The van der Waals surface area contributed by atoms with Gasteiger partial charge in [0.05, 0.1) is 5.56 Å². The molecule has 0 saturated heterocycles. The van der Waals surface area contributed by atoms with Crippen LogP contribution >= 0.6 is 23.2 Å². The molecule has 2 aromatic rings. The van der Waals surface area contributed by atoms with E-state index in [4.69, 9.17) is 23.2 Å². The minimum Gasteiger partial charge on any atom is -0.220 e. The van der Waals surface area contributed by atoms with E-state index in [1.165, 1.54) is 12.1 Å². The fraction of sp³-hybridized carbons (Fsp3) is 0.286. The van der Waals surface area contributed by atoms with Crippen LogP contribution in [-0.2, 0) is 5.41 Å². The van der Waals surface area contributed by atoms with Crippen molar-refractivity contribution in [1.82, 2.24) is 9.97 Å². The Morgan fingerprint density at radius 3 is 2.05 bits per heavy atom. The highest BCUT2D eigenvalue weighted by Crippen LogP contribution is 2.47. The van der Waals surface area contributed by atoms with Crippen LogP contribution in [0.15, 0.2) is 24.3 Å². The minimum atomic E-state index is -0.306. The Morgan fingerprint density at radius 2 is 1.58 bits per heavy atom. The van der Waals surface area contributed by atoms with Gasteiger partial charge in [-0.3, -0.25) is 0 Å². The minimum absolute atomic E-state index is 0.00854. The predicted molar refractivity (Wildman–Crippen MR) is 74.0 cm³/mol. The normalized spacial score (nSPS) is 16.4. The average Bonchev–Trinajstić information content (AvgIpc) is 3.10. The molecule has 1 aromatic heterocycles.